The maximum Gasteiger partial charge on any atom is 0.304 e. The molecule has 6 heteroatoms. The second-order valence-electron chi connectivity index (χ2n) is 6.30. The first-order chi connectivity index (χ1) is 12.5. The zero-order chi connectivity index (χ0) is 18.7. The van der Waals surface area contributed by atoms with Crippen molar-refractivity contribution in [3.05, 3.63) is 71.8 Å². The topological polar surface area (TPSA) is 87.1 Å². The van der Waals surface area contributed by atoms with Crippen molar-refractivity contribution < 1.29 is 24.5 Å². The van der Waals surface area contributed by atoms with Gasteiger partial charge in [-0.3, -0.25) is 9.59 Å². The Kier molecular flexibility index (Phi) is 5.35. The summed E-state index contributed by atoms with van der Waals surface area (Å²) in [6.07, 6.45) is -2.37. The molecular formula is C20H21NO5. The number of hydrogen-bond acceptors (Lipinski definition) is 5. The highest BCUT2D eigenvalue weighted by Crippen LogP contribution is 2.41. The number of nitrogens with zero attached hydrogens (tertiary/aromatic N) is 1. The molecule has 0 spiro atoms. The number of aliphatic hydroxyl groups excluding tert-OH is 2. The van der Waals surface area contributed by atoms with Crippen molar-refractivity contribution in [2.45, 2.75) is 31.1 Å². The van der Waals surface area contributed by atoms with E-state index in [0.29, 0.717) is 5.56 Å². The van der Waals surface area contributed by atoms with Gasteiger partial charge in [-0.25, -0.2) is 0 Å². The minimum absolute atomic E-state index is 0.316. The molecule has 1 heterocycles. The summed E-state index contributed by atoms with van der Waals surface area (Å²) in [7, 11) is 0. The monoisotopic (exact) mass is 355 g/mol. The molecule has 0 bridgehead atoms. The lowest BCUT2D eigenvalue weighted by Gasteiger charge is -2.32. The van der Waals surface area contributed by atoms with E-state index in [-0.39, 0.29) is 6.73 Å². The molecule has 2 aromatic carbocycles. The summed E-state index contributed by atoms with van der Waals surface area (Å²) >= 11 is 0. The molecule has 26 heavy (non-hydrogen) atoms. The fourth-order valence-corrected chi connectivity index (χ4v) is 3.43. The molecule has 1 unspecified atom stereocenters. The lowest BCUT2D eigenvalue weighted by atomic mass is 9.85. The van der Waals surface area contributed by atoms with Crippen molar-refractivity contribution in [1.29, 1.82) is 0 Å². The van der Waals surface area contributed by atoms with E-state index in [2.05, 4.69) is 0 Å². The summed E-state index contributed by atoms with van der Waals surface area (Å²) in [5, 5.41) is 21.5. The molecule has 1 saturated heterocycles. The van der Waals surface area contributed by atoms with Gasteiger partial charge >= 0.3 is 5.97 Å². The van der Waals surface area contributed by atoms with Gasteiger partial charge in [-0.15, -0.1) is 0 Å². The molecule has 4 atom stereocenters. The highest BCUT2D eigenvalue weighted by atomic mass is 16.5. The average molecular weight is 355 g/mol. The van der Waals surface area contributed by atoms with E-state index in [1.165, 1.54) is 11.8 Å². The van der Waals surface area contributed by atoms with Gasteiger partial charge in [-0.1, -0.05) is 60.7 Å². The number of esters is 1. The van der Waals surface area contributed by atoms with Crippen molar-refractivity contribution in [1.82, 2.24) is 4.90 Å². The molecule has 136 valence electrons. The lowest BCUT2D eigenvalue weighted by Crippen LogP contribution is -2.41. The fraction of sp³-hybridized carbons (Fsp3) is 0.300. The van der Waals surface area contributed by atoms with Crippen LogP contribution in [0.4, 0.5) is 0 Å². The number of carbonyl (C=O) groups is 2. The summed E-state index contributed by atoms with van der Waals surface area (Å²) in [6, 6.07) is 17.2. The van der Waals surface area contributed by atoms with E-state index < -0.39 is 36.0 Å². The zero-order valence-corrected chi connectivity index (χ0v) is 14.4. The Morgan fingerprint density at radius 2 is 1.69 bits per heavy atom. The molecule has 2 N–H and O–H groups in total. The quantitative estimate of drug-likeness (QED) is 0.796. The summed E-state index contributed by atoms with van der Waals surface area (Å²) < 4.78 is 4.99. The third-order valence-corrected chi connectivity index (χ3v) is 4.66. The lowest BCUT2D eigenvalue weighted by molar-refractivity contribution is -0.154. The molecule has 6 nitrogen and oxygen atoms in total. The first-order valence-corrected chi connectivity index (χ1v) is 8.40. The van der Waals surface area contributed by atoms with Crippen LogP contribution in [0.5, 0.6) is 0 Å². The Morgan fingerprint density at radius 3 is 2.27 bits per heavy atom. The van der Waals surface area contributed by atoms with Crippen molar-refractivity contribution in [3.63, 3.8) is 0 Å². The minimum Gasteiger partial charge on any atom is -0.444 e. The van der Waals surface area contributed by atoms with Crippen LogP contribution in [0.25, 0.3) is 0 Å². The molecule has 1 aliphatic rings. The standard InChI is InChI=1S/C20H21NO5/c1-13(22)26-12-21-17(18(23)15-10-6-3-7-11-15)16(19(24)20(21)25)14-8-4-2-5-9-14/h2-11,16-19,23-24H,12H2,1H3/t16-,17-,18+,19?/m1/s1. The van der Waals surface area contributed by atoms with Crippen LogP contribution in [0, 0.1) is 0 Å². The number of amides is 1. The second kappa shape index (κ2) is 7.68. The molecule has 0 saturated carbocycles. The highest BCUT2D eigenvalue weighted by molar-refractivity contribution is 5.85. The molecule has 3 rings (SSSR count). The first kappa shape index (κ1) is 18.1. The molecule has 1 aliphatic heterocycles. The van der Waals surface area contributed by atoms with E-state index in [1.54, 1.807) is 36.4 Å². The SMILES string of the molecule is CC(=O)OCN1C(=O)C(O)[C@H](c2ccccc2)[C@@H]1[C@@H](O)c1ccccc1. The minimum atomic E-state index is -1.32. The zero-order valence-electron chi connectivity index (χ0n) is 14.4. The van der Waals surface area contributed by atoms with Crippen LogP contribution in [-0.2, 0) is 14.3 Å². The highest BCUT2D eigenvalue weighted by Gasteiger charge is 2.51. The number of benzene rings is 2. The van der Waals surface area contributed by atoms with Crippen LogP contribution in [-0.4, -0.2) is 45.9 Å². The van der Waals surface area contributed by atoms with Crippen LogP contribution < -0.4 is 0 Å². The Bertz CT molecular complexity index is 764. The van der Waals surface area contributed by atoms with Gasteiger partial charge in [-0.2, -0.15) is 0 Å². The fourth-order valence-electron chi connectivity index (χ4n) is 3.43. The third-order valence-electron chi connectivity index (χ3n) is 4.66. The van der Waals surface area contributed by atoms with Crippen LogP contribution in [0.15, 0.2) is 60.7 Å². The second-order valence-corrected chi connectivity index (χ2v) is 6.30. The number of aliphatic hydroxyl groups is 2. The summed E-state index contributed by atoms with van der Waals surface area (Å²) in [4.78, 5) is 25.1. The maximum atomic E-state index is 12.6. The van der Waals surface area contributed by atoms with Gasteiger partial charge in [0.2, 0.25) is 0 Å². The van der Waals surface area contributed by atoms with E-state index >= 15 is 0 Å². The van der Waals surface area contributed by atoms with E-state index in [0.717, 1.165) is 5.56 Å². The van der Waals surface area contributed by atoms with Crippen LogP contribution >= 0.6 is 0 Å². The molecule has 1 fully saturated rings. The summed E-state index contributed by atoms with van der Waals surface area (Å²) in [5.74, 6) is -1.75. The first-order valence-electron chi connectivity index (χ1n) is 8.40. The van der Waals surface area contributed by atoms with Gasteiger partial charge < -0.3 is 19.8 Å². The molecular weight excluding hydrogens is 334 g/mol. The van der Waals surface area contributed by atoms with E-state index in [4.69, 9.17) is 4.74 Å². The van der Waals surface area contributed by atoms with Gasteiger partial charge in [0, 0.05) is 12.8 Å². The van der Waals surface area contributed by atoms with Crippen LogP contribution in [0.1, 0.15) is 30.1 Å². The molecule has 0 aromatic heterocycles. The Labute approximate surface area is 151 Å². The molecule has 2 aromatic rings. The van der Waals surface area contributed by atoms with Crippen molar-refractivity contribution in [3.8, 4) is 0 Å². The number of rotatable bonds is 5. The molecule has 0 radical (unpaired) electrons. The molecule has 1 amide bonds. The van der Waals surface area contributed by atoms with Gasteiger partial charge in [0.1, 0.15) is 12.2 Å². The Balaban J connectivity index is 2.01. The maximum absolute atomic E-state index is 12.6. The van der Waals surface area contributed by atoms with Gasteiger partial charge in [0.05, 0.1) is 6.04 Å². The van der Waals surface area contributed by atoms with Gasteiger partial charge in [-0.05, 0) is 11.1 Å². The number of ether oxygens (including phenoxy) is 1. The van der Waals surface area contributed by atoms with Crippen LogP contribution in [0.2, 0.25) is 0 Å². The predicted octanol–water partition coefficient (Wildman–Crippen LogP) is 1.60. The largest absolute Gasteiger partial charge is 0.444 e. The van der Waals surface area contributed by atoms with Crippen molar-refractivity contribution in [2.75, 3.05) is 6.73 Å². The number of likely N-dealkylation sites (tertiary alicyclic amines) is 1. The van der Waals surface area contributed by atoms with Crippen molar-refractivity contribution >= 4 is 11.9 Å². The van der Waals surface area contributed by atoms with Crippen molar-refractivity contribution in [2.24, 2.45) is 0 Å². The average Bonchev–Trinajstić information content (AvgIpc) is 2.91. The third kappa shape index (κ3) is 3.47. The summed E-state index contributed by atoms with van der Waals surface area (Å²) in [5.41, 5.74) is 1.35. The van der Waals surface area contributed by atoms with E-state index in [9.17, 15) is 19.8 Å². The van der Waals surface area contributed by atoms with Gasteiger partial charge in [0.25, 0.3) is 5.91 Å². The predicted molar refractivity (Wildman–Crippen MR) is 93.9 cm³/mol. The number of hydrogen-bond donors (Lipinski definition) is 2. The van der Waals surface area contributed by atoms with Crippen LogP contribution in [0.3, 0.4) is 0 Å². The smallest absolute Gasteiger partial charge is 0.304 e. The Morgan fingerprint density at radius 1 is 1.12 bits per heavy atom. The van der Waals surface area contributed by atoms with Gasteiger partial charge in [0.15, 0.2) is 6.73 Å². The summed E-state index contributed by atoms with van der Waals surface area (Å²) in [6.45, 7) is 0.928. The van der Waals surface area contributed by atoms with E-state index in [1.807, 2.05) is 24.3 Å². The Hall–Kier alpha value is -2.70. The normalized spacial score (nSPS) is 23.7. The number of carbonyl (C=O) groups excluding carboxylic acids is 2. The molecule has 0 aliphatic carbocycles.